The molecule has 0 saturated heterocycles. The topological polar surface area (TPSA) is 66.1 Å². The smallest absolute Gasteiger partial charge is 0.141 e. The molecular formula is C23H21FN2O2. The maximum atomic E-state index is 13.8. The molecule has 3 aromatic rings. The van der Waals surface area contributed by atoms with E-state index < -0.39 is 11.9 Å². The Morgan fingerprint density at radius 3 is 2.54 bits per heavy atom. The van der Waals surface area contributed by atoms with Gasteiger partial charge in [0.1, 0.15) is 23.7 Å². The summed E-state index contributed by atoms with van der Waals surface area (Å²) in [4.78, 5) is 4.07. The van der Waals surface area contributed by atoms with Crippen molar-refractivity contribution in [3.8, 4) is 22.9 Å². The van der Waals surface area contributed by atoms with Gasteiger partial charge in [-0.1, -0.05) is 24.3 Å². The molecule has 1 aromatic heterocycles. The summed E-state index contributed by atoms with van der Waals surface area (Å²) in [7, 11) is 0. The fourth-order valence-electron chi connectivity index (χ4n) is 2.90. The van der Waals surface area contributed by atoms with Crippen LogP contribution in [0, 0.1) is 17.1 Å². The Labute approximate surface area is 163 Å². The summed E-state index contributed by atoms with van der Waals surface area (Å²) in [6.45, 7) is 1.83. The van der Waals surface area contributed by atoms with Crippen LogP contribution in [0.3, 0.4) is 0 Å². The van der Waals surface area contributed by atoms with Crippen molar-refractivity contribution in [2.24, 2.45) is 0 Å². The number of halogens is 1. The van der Waals surface area contributed by atoms with E-state index >= 15 is 0 Å². The largest absolute Gasteiger partial charge is 0.488 e. The Hall–Kier alpha value is -3.23. The Balaban J connectivity index is 1.59. The van der Waals surface area contributed by atoms with E-state index in [1.165, 1.54) is 12.1 Å². The highest BCUT2D eigenvalue weighted by Crippen LogP contribution is 2.25. The third-order valence-electron chi connectivity index (χ3n) is 4.59. The first-order valence-corrected chi connectivity index (χ1v) is 9.10. The summed E-state index contributed by atoms with van der Waals surface area (Å²) in [6.07, 6.45) is 3.86. The molecule has 1 heterocycles. The van der Waals surface area contributed by atoms with E-state index in [4.69, 9.17) is 10.00 Å². The van der Waals surface area contributed by atoms with Crippen LogP contribution in [0.25, 0.3) is 11.1 Å². The van der Waals surface area contributed by atoms with Gasteiger partial charge in [-0.15, -0.1) is 0 Å². The third kappa shape index (κ3) is 4.93. The van der Waals surface area contributed by atoms with Crippen molar-refractivity contribution in [2.75, 3.05) is 0 Å². The van der Waals surface area contributed by atoms with E-state index in [-0.39, 0.29) is 11.7 Å². The quantitative estimate of drug-likeness (QED) is 0.658. The van der Waals surface area contributed by atoms with Gasteiger partial charge in [0.15, 0.2) is 0 Å². The molecule has 0 amide bonds. The highest BCUT2D eigenvalue weighted by Gasteiger charge is 2.16. The molecule has 0 aliphatic carbocycles. The molecule has 0 fully saturated rings. The van der Waals surface area contributed by atoms with Gasteiger partial charge in [-0.3, -0.25) is 4.98 Å². The van der Waals surface area contributed by atoms with Gasteiger partial charge < -0.3 is 9.84 Å². The van der Waals surface area contributed by atoms with E-state index in [9.17, 15) is 9.50 Å². The molecule has 1 N–H and O–H groups in total. The monoisotopic (exact) mass is 376 g/mol. The highest BCUT2D eigenvalue weighted by atomic mass is 19.1. The van der Waals surface area contributed by atoms with Crippen LogP contribution >= 0.6 is 0 Å². The Bertz CT molecular complexity index is 953. The molecule has 142 valence electrons. The molecule has 0 radical (unpaired) electrons. The molecule has 4 nitrogen and oxygen atoms in total. The second-order valence-electron chi connectivity index (χ2n) is 6.62. The van der Waals surface area contributed by atoms with Crippen molar-refractivity contribution in [1.82, 2.24) is 4.98 Å². The molecule has 0 aliphatic rings. The molecule has 0 aliphatic heterocycles. The number of nitrogens with zero attached hydrogens (tertiary/aromatic N) is 2. The maximum Gasteiger partial charge on any atom is 0.141 e. The molecule has 0 spiro atoms. The molecule has 28 heavy (non-hydrogen) atoms. The number of aliphatic hydroxyl groups is 1. The lowest BCUT2D eigenvalue weighted by atomic mass is 10.0. The minimum Gasteiger partial charge on any atom is -0.488 e. The Kier molecular flexibility index (Phi) is 6.36. The van der Waals surface area contributed by atoms with Crippen LogP contribution in [0.1, 0.15) is 24.5 Å². The number of aliphatic hydroxyl groups excluding tert-OH is 1. The number of ether oxygens (including phenoxy) is 1. The zero-order chi connectivity index (χ0) is 19.9. The molecule has 5 heteroatoms. The molecule has 2 aromatic carbocycles. The number of benzene rings is 2. The summed E-state index contributed by atoms with van der Waals surface area (Å²) in [5, 5.41) is 19.2. The number of rotatable bonds is 7. The van der Waals surface area contributed by atoms with Crippen molar-refractivity contribution >= 4 is 0 Å². The maximum absolute atomic E-state index is 13.8. The number of aryl methyl sites for hydroxylation is 1. The molecule has 3 rings (SSSR count). The summed E-state index contributed by atoms with van der Waals surface area (Å²) in [5.74, 6) is 0.0940. The lowest BCUT2D eigenvalue weighted by Gasteiger charge is -2.20. The van der Waals surface area contributed by atoms with Gasteiger partial charge in [0, 0.05) is 12.4 Å². The molecule has 0 saturated carbocycles. The van der Waals surface area contributed by atoms with Crippen LogP contribution in [-0.2, 0) is 6.42 Å². The van der Waals surface area contributed by atoms with Crippen molar-refractivity contribution < 1.29 is 14.2 Å². The number of hydrogen-bond donors (Lipinski definition) is 1. The summed E-state index contributed by atoms with van der Waals surface area (Å²) < 4.78 is 19.6. The molecular weight excluding hydrogens is 355 g/mol. The zero-order valence-corrected chi connectivity index (χ0v) is 15.5. The fraction of sp³-hybridized carbons (Fsp3) is 0.217. The van der Waals surface area contributed by atoms with Gasteiger partial charge in [0.05, 0.1) is 11.7 Å². The average Bonchev–Trinajstić information content (AvgIpc) is 2.73. The second-order valence-corrected chi connectivity index (χ2v) is 6.62. The number of hydrogen-bond acceptors (Lipinski definition) is 4. The predicted molar refractivity (Wildman–Crippen MR) is 105 cm³/mol. The fourth-order valence-corrected chi connectivity index (χ4v) is 2.90. The van der Waals surface area contributed by atoms with Crippen LogP contribution in [0.5, 0.6) is 5.75 Å². The minimum absolute atomic E-state index is 0.0257. The minimum atomic E-state index is -0.604. The number of aromatic nitrogens is 1. The normalized spacial score (nSPS) is 12.8. The number of pyridine rings is 1. The summed E-state index contributed by atoms with van der Waals surface area (Å²) in [6, 6.07) is 17.4. The van der Waals surface area contributed by atoms with E-state index in [1.807, 2.05) is 37.3 Å². The van der Waals surface area contributed by atoms with E-state index in [0.717, 1.165) is 17.5 Å². The first-order valence-electron chi connectivity index (χ1n) is 9.10. The standard InChI is InChI=1S/C23H21FN2O2/c1-16(23(27)11-4-17-3-2-12-26-15-17)28-21-9-7-18(8-10-21)19-5-6-20(14-25)22(24)13-19/h2-3,5-10,12-13,15-16,23,27H,4,11H2,1H3/t16-,23?/m0/s1. The van der Waals surface area contributed by atoms with Crippen LogP contribution in [0.4, 0.5) is 4.39 Å². The van der Waals surface area contributed by atoms with Gasteiger partial charge in [0.25, 0.3) is 0 Å². The molecule has 2 atom stereocenters. The van der Waals surface area contributed by atoms with Crippen LogP contribution < -0.4 is 4.74 Å². The predicted octanol–water partition coefficient (Wildman–Crippen LogP) is 4.52. The van der Waals surface area contributed by atoms with E-state index in [1.54, 1.807) is 30.6 Å². The van der Waals surface area contributed by atoms with Crippen LogP contribution in [-0.4, -0.2) is 22.3 Å². The lowest BCUT2D eigenvalue weighted by Crippen LogP contribution is -2.29. The third-order valence-corrected chi connectivity index (χ3v) is 4.59. The van der Waals surface area contributed by atoms with E-state index in [0.29, 0.717) is 17.7 Å². The molecule has 1 unspecified atom stereocenters. The Morgan fingerprint density at radius 2 is 1.89 bits per heavy atom. The van der Waals surface area contributed by atoms with Gasteiger partial charge >= 0.3 is 0 Å². The van der Waals surface area contributed by atoms with Crippen LogP contribution in [0.15, 0.2) is 67.0 Å². The number of nitriles is 1. The van der Waals surface area contributed by atoms with E-state index in [2.05, 4.69) is 4.98 Å². The van der Waals surface area contributed by atoms with Crippen molar-refractivity contribution in [2.45, 2.75) is 32.0 Å². The van der Waals surface area contributed by atoms with Crippen molar-refractivity contribution in [3.05, 3.63) is 83.9 Å². The lowest BCUT2D eigenvalue weighted by molar-refractivity contribution is 0.0420. The highest BCUT2D eigenvalue weighted by molar-refractivity contribution is 5.65. The first-order chi connectivity index (χ1) is 13.6. The zero-order valence-electron chi connectivity index (χ0n) is 15.5. The van der Waals surface area contributed by atoms with Crippen molar-refractivity contribution in [3.63, 3.8) is 0 Å². The SMILES string of the molecule is C[C@H](Oc1ccc(-c2ccc(C#N)c(F)c2)cc1)C(O)CCc1cccnc1. The first kappa shape index (κ1) is 19.5. The average molecular weight is 376 g/mol. The van der Waals surface area contributed by atoms with Gasteiger partial charge in [-0.2, -0.15) is 5.26 Å². The van der Waals surface area contributed by atoms with Crippen molar-refractivity contribution in [1.29, 1.82) is 5.26 Å². The van der Waals surface area contributed by atoms with Gasteiger partial charge in [-0.25, -0.2) is 4.39 Å². The van der Waals surface area contributed by atoms with Gasteiger partial charge in [-0.05, 0) is 66.8 Å². The molecule has 0 bridgehead atoms. The summed E-state index contributed by atoms with van der Waals surface area (Å²) in [5.41, 5.74) is 2.61. The van der Waals surface area contributed by atoms with Crippen LogP contribution in [0.2, 0.25) is 0 Å². The van der Waals surface area contributed by atoms with Gasteiger partial charge in [0.2, 0.25) is 0 Å². The Morgan fingerprint density at radius 1 is 1.14 bits per heavy atom. The second kappa shape index (κ2) is 9.12. The summed E-state index contributed by atoms with van der Waals surface area (Å²) >= 11 is 0.